The fourth-order valence-corrected chi connectivity index (χ4v) is 3.64. The molecule has 3 fully saturated rings. The summed E-state index contributed by atoms with van der Waals surface area (Å²) in [5.74, 6) is 0.594. The number of hydrogen-bond acceptors (Lipinski definition) is 3. The Morgan fingerprint density at radius 3 is 2.71 bits per heavy atom. The number of piperidine rings is 1. The lowest BCUT2D eigenvalue weighted by molar-refractivity contribution is -0.0311. The van der Waals surface area contributed by atoms with Crippen LogP contribution < -0.4 is 5.32 Å². The van der Waals surface area contributed by atoms with Gasteiger partial charge >= 0.3 is 6.09 Å². The lowest BCUT2D eigenvalue weighted by Gasteiger charge is -2.47. The van der Waals surface area contributed by atoms with Crippen LogP contribution in [0.25, 0.3) is 0 Å². The highest BCUT2D eigenvalue weighted by Crippen LogP contribution is 2.34. The van der Waals surface area contributed by atoms with Gasteiger partial charge in [0.15, 0.2) is 0 Å². The van der Waals surface area contributed by atoms with Crippen molar-refractivity contribution in [1.82, 2.24) is 10.2 Å². The van der Waals surface area contributed by atoms with Gasteiger partial charge in [0.25, 0.3) is 0 Å². The number of hydrogen-bond donors (Lipinski definition) is 1. The van der Waals surface area contributed by atoms with Crippen molar-refractivity contribution in [3.8, 4) is 0 Å². The number of fused-ring (bicyclic) bond motifs is 1. The van der Waals surface area contributed by atoms with Gasteiger partial charge in [-0.1, -0.05) is 12.8 Å². The summed E-state index contributed by atoms with van der Waals surface area (Å²) in [5.41, 5.74) is 0. The summed E-state index contributed by atoms with van der Waals surface area (Å²) in [4.78, 5) is 14.1. The maximum absolute atomic E-state index is 12.0. The fraction of sp³-hybridized carbons (Fsp3) is 0.923. The van der Waals surface area contributed by atoms with Crippen molar-refractivity contribution >= 4 is 6.09 Å². The number of carbonyl (C=O) groups is 1. The van der Waals surface area contributed by atoms with Crippen molar-refractivity contribution in [2.24, 2.45) is 5.92 Å². The maximum Gasteiger partial charge on any atom is 0.410 e. The monoisotopic (exact) mass is 238 g/mol. The summed E-state index contributed by atoms with van der Waals surface area (Å²) in [6.07, 6.45) is 7.11. The number of nitrogens with one attached hydrogen (secondary N) is 1. The normalized spacial score (nSPS) is 35.3. The Labute approximate surface area is 103 Å². The van der Waals surface area contributed by atoms with E-state index in [1.54, 1.807) is 0 Å². The maximum atomic E-state index is 12.0. The highest BCUT2D eigenvalue weighted by atomic mass is 16.6. The van der Waals surface area contributed by atoms with Gasteiger partial charge in [0.2, 0.25) is 0 Å². The van der Waals surface area contributed by atoms with Crippen LogP contribution in [0, 0.1) is 5.92 Å². The summed E-state index contributed by atoms with van der Waals surface area (Å²) in [7, 11) is 0. The van der Waals surface area contributed by atoms with Crippen LogP contribution in [0.1, 0.15) is 38.5 Å². The number of nitrogens with zero attached hydrogens (tertiary/aromatic N) is 1. The molecule has 3 rings (SSSR count). The van der Waals surface area contributed by atoms with E-state index in [-0.39, 0.29) is 6.09 Å². The van der Waals surface area contributed by atoms with Gasteiger partial charge in [0.05, 0.1) is 6.61 Å². The molecule has 1 aliphatic carbocycles. The number of carbonyl (C=O) groups excluding carboxylic acids is 1. The molecule has 2 unspecified atom stereocenters. The van der Waals surface area contributed by atoms with E-state index in [0.717, 1.165) is 25.9 Å². The Kier molecular flexibility index (Phi) is 3.23. The Hall–Kier alpha value is -0.770. The van der Waals surface area contributed by atoms with Gasteiger partial charge in [-0.05, 0) is 38.8 Å². The minimum absolute atomic E-state index is 0.0555. The molecule has 1 saturated carbocycles. The van der Waals surface area contributed by atoms with E-state index in [0.29, 0.717) is 24.6 Å². The zero-order chi connectivity index (χ0) is 11.7. The van der Waals surface area contributed by atoms with E-state index < -0.39 is 0 Å². The Balaban J connectivity index is 1.75. The van der Waals surface area contributed by atoms with Gasteiger partial charge in [-0.3, -0.25) is 0 Å². The molecule has 0 aromatic heterocycles. The van der Waals surface area contributed by atoms with E-state index in [2.05, 4.69) is 10.2 Å². The molecular formula is C13H22N2O2. The Morgan fingerprint density at radius 1 is 1.12 bits per heavy atom. The molecule has 0 radical (unpaired) electrons. The lowest BCUT2D eigenvalue weighted by Crippen LogP contribution is -2.58. The predicted molar refractivity (Wildman–Crippen MR) is 64.8 cm³/mol. The summed E-state index contributed by atoms with van der Waals surface area (Å²) in [6.45, 7) is 2.72. The van der Waals surface area contributed by atoms with Crippen LogP contribution in [0.3, 0.4) is 0 Å². The molecule has 2 saturated heterocycles. The fourth-order valence-electron chi connectivity index (χ4n) is 3.64. The third-order valence-electron chi connectivity index (χ3n) is 4.56. The topological polar surface area (TPSA) is 41.6 Å². The third kappa shape index (κ3) is 2.15. The largest absolute Gasteiger partial charge is 0.449 e. The average molecular weight is 238 g/mol. The lowest BCUT2D eigenvalue weighted by atomic mass is 9.82. The second-order valence-electron chi connectivity index (χ2n) is 5.58. The van der Waals surface area contributed by atoms with Crippen LogP contribution in [-0.4, -0.2) is 42.8 Å². The Bertz CT molecular complexity index is 289. The number of ether oxygens (including phenoxy) is 1. The summed E-state index contributed by atoms with van der Waals surface area (Å²) < 4.78 is 5.38. The minimum Gasteiger partial charge on any atom is -0.449 e. The molecule has 0 aromatic carbocycles. The number of cyclic esters (lactones) is 1. The van der Waals surface area contributed by atoms with Gasteiger partial charge in [-0.25, -0.2) is 4.79 Å². The number of amides is 1. The van der Waals surface area contributed by atoms with E-state index in [9.17, 15) is 4.79 Å². The van der Waals surface area contributed by atoms with Crippen LogP contribution in [0.15, 0.2) is 0 Å². The van der Waals surface area contributed by atoms with Crippen molar-refractivity contribution < 1.29 is 9.53 Å². The van der Waals surface area contributed by atoms with E-state index in [1.165, 1.54) is 25.7 Å². The molecule has 17 heavy (non-hydrogen) atoms. The Morgan fingerprint density at radius 2 is 1.88 bits per heavy atom. The first kappa shape index (κ1) is 11.3. The molecule has 4 heteroatoms. The van der Waals surface area contributed by atoms with E-state index in [1.807, 2.05) is 0 Å². The van der Waals surface area contributed by atoms with Crippen molar-refractivity contribution in [3.63, 3.8) is 0 Å². The molecule has 3 aliphatic rings. The molecule has 2 atom stereocenters. The molecule has 0 spiro atoms. The molecule has 0 aromatic rings. The van der Waals surface area contributed by atoms with Crippen LogP contribution >= 0.6 is 0 Å². The smallest absolute Gasteiger partial charge is 0.410 e. The first-order valence-corrected chi connectivity index (χ1v) is 7.02. The average Bonchev–Trinajstić information content (AvgIpc) is 2.39. The first-order chi connectivity index (χ1) is 8.36. The van der Waals surface area contributed by atoms with Gasteiger partial charge < -0.3 is 15.0 Å². The zero-order valence-electron chi connectivity index (χ0n) is 10.4. The van der Waals surface area contributed by atoms with Crippen LogP contribution in [0.2, 0.25) is 0 Å². The molecule has 96 valence electrons. The van der Waals surface area contributed by atoms with Gasteiger partial charge in [-0.2, -0.15) is 0 Å². The van der Waals surface area contributed by atoms with Crippen LogP contribution in [-0.2, 0) is 4.74 Å². The second-order valence-corrected chi connectivity index (χ2v) is 5.58. The predicted octanol–water partition coefficient (Wildman–Crippen LogP) is 1.75. The zero-order valence-corrected chi connectivity index (χ0v) is 10.4. The highest BCUT2D eigenvalue weighted by molar-refractivity contribution is 5.69. The molecule has 2 aliphatic heterocycles. The SMILES string of the molecule is O=C1OCC2CCCCC2N1C1CCNCC1. The summed E-state index contributed by atoms with van der Waals surface area (Å²) >= 11 is 0. The first-order valence-electron chi connectivity index (χ1n) is 7.02. The molecule has 0 bridgehead atoms. The van der Waals surface area contributed by atoms with Crippen LogP contribution in [0.4, 0.5) is 4.79 Å². The molecule has 4 nitrogen and oxygen atoms in total. The van der Waals surface area contributed by atoms with Crippen molar-refractivity contribution in [3.05, 3.63) is 0 Å². The minimum atomic E-state index is -0.0555. The molecule has 1 amide bonds. The molecule has 2 heterocycles. The van der Waals surface area contributed by atoms with Gasteiger partial charge in [0.1, 0.15) is 0 Å². The van der Waals surface area contributed by atoms with Crippen LogP contribution in [0.5, 0.6) is 0 Å². The van der Waals surface area contributed by atoms with Crippen molar-refractivity contribution in [1.29, 1.82) is 0 Å². The number of rotatable bonds is 1. The van der Waals surface area contributed by atoms with E-state index in [4.69, 9.17) is 4.74 Å². The van der Waals surface area contributed by atoms with Gasteiger partial charge in [0, 0.05) is 18.0 Å². The highest BCUT2D eigenvalue weighted by Gasteiger charge is 2.42. The van der Waals surface area contributed by atoms with Crippen molar-refractivity contribution in [2.75, 3.05) is 19.7 Å². The standard InChI is InChI=1S/C13H22N2O2/c16-13-15(11-5-7-14-8-6-11)12-4-2-1-3-10(12)9-17-13/h10-12,14H,1-9H2. The summed E-state index contributed by atoms with van der Waals surface area (Å²) in [6, 6.07) is 0.878. The second kappa shape index (κ2) is 4.84. The van der Waals surface area contributed by atoms with Gasteiger partial charge in [-0.15, -0.1) is 0 Å². The third-order valence-corrected chi connectivity index (χ3v) is 4.56. The molecule has 1 N–H and O–H groups in total. The summed E-state index contributed by atoms with van der Waals surface area (Å²) in [5, 5.41) is 3.36. The quantitative estimate of drug-likeness (QED) is 0.756. The molecular weight excluding hydrogens is 216 g/mol. The van der Waals surface area contributed by atoms with Crippen molar-refractivity contribution in [2.45, 2.75) is 50.6 Å². The van der Waals surface area contributed by atoms with E-state index >= 15 is 0 Å².